The van der Waals surface area contributed by atoms with Crippen molar-refractivity contribution in [2.24, 2.45) is 0 Å². The van der Waals surface area contributed by atoms with Gasteiger partial charge in [-0.3, -0.25) is 4.72 Å². The molecule has 0 radical (unpaired) electrons. The molecule has 1 N–H and O–H groups in total. The third-order valence-corrected chi connectivity index (χ3v) is 4.74. The topological polar surface area (TPSA) is 72.5 Å². The highest BCUT2D eigenvalue weighted by atomic mass is 79.9. The Labute approximate surface area is 139 Å². The summed E-state index contributed by atoms with van der Waals surface area (Å²) in [6.45, 7) is 0. The fourth-order valence-corrected chi connectivity index (χ4v) is 3.03. The second kappa shape index (κ2) is 6.63. The third-order valence-electron chi connectivity index (χ3n) is 2.83. The number of carbonyl (C=O) groups excluding carboxylic acids is 1. The van der Waals surface area contributed by atoms with Crippen LogP contribution >= 0.6 is 15.9 Å². The number of hydrogen-bond donors (Lipinski definition) is 1. The molecular weight excluding hydrogens is 396 g/mol. The molecule has 0 aromatic heterocycles. The summed E-state index contributed by atoms with van der Waals surface area (Å²) in [5, 5.41) is 0. The van der Waals surface area contributed by atoms with Crippen LogP contribution in [0.15, 0.2) is 45.8 Å². The molecule has 9 heteroatoms. The zero-order valence-corrected chi connectivity index (χ0v) is 14.0. The van der Waals surface area contributed by atoms with E-state index < -0.39 is 38.9 Å². The SMILES string of the molecule is COC(=O)c1cc(NS(=O)(=O)c2ccc(Br)cc2)c(F)cc1F. The molecule has 0 aliphatic rings. The van der Waals surface area contributed by atoms with Gasteiger partial charge in [-0.1, -0.05) is 15.9 Å². The minimum atomic E-state index is -4.10. The largest absolute Gasteiger partial charge is 0.465 e. The summed E-state index contributed by atoms with van der Waals surface area (Å²) >= 11 is 3.16. The lowest BCUT2D eigenvalue weighted by Crippen LogP contribution is -2.15. The van der Waals surface area contributed by atoms with Gasteiger partial charge in [0.15, 0.2) is 0 Å². The van der Waals surface area contributed by atoms with E-state index in [9.17, 15) is 22.0 Å². The second-order valence-electron chi connectivity index (χ2n) is 4.36. The van der Waals surface area contributed by atoms with Gasteiger partial charge >= 0.3 is 5.97 Å². The molecule has 2 rings (SSSR count). The van der Waals surface area contributed by atoms with Gasteiger partial charge in [0.05, 0.1) is 23.3 Å². The van der Waals surface area contributed by atoms with Crippen LogP contribution in [0.3, 0.4) is 0 Å². The number of carbonyl (C=O) groups is 1. The average Bonchev–Trinajstić information content (AvgIpc) is 2.49. The zero-order valence-electron chi connectivity index (χ0n) is 11.6. The van der Waals surface area contributed by atoms with E-state index in [1.807, 2.05) is 4.72 Å². The van der Waals surface area contributed by atoms with Crippen LogP contribution in [0.4, 0.5) is 14.5 Å². The minimum Gasteiger partial charge on any atom is -0.465 e. The molecule has 23 heavy (non-hydrogen) atoms. The molecule has 2 aromatic carbocycles. The van der Waals surface area contributed by atoms with Crippen LogP contribution in [0.25, 0.3) is 0 Å². The maximum atomic E-state index is 13.8. The highest BCUT2D eigenvalue weighted by molar-refractivity contribution is 9.10. The Morgan fingerprint density at radius 1 is 1.13 bits per heavy atom. The maximum absolute atomic E-state index is 13.8. The van der Waals surface area contributed by atoms with E-state index in [0.717, 1.165) is 13.2 Å². The van der Waals surface area contributed by atoms with Gasteiger partial charge in [0.1, 0.15) is 11.6 Å². The molecule has 0 saturated heterocycles. The lowest BCUT2D eigenvalue weighted by Gasteiger charge is -2.11. The van der Waals surface area contributed by atoms with Crippen molar-refractivity contribution in [3.8, 4) is 0 Å². The van der Waals surface area contributed by atoms with Crippen LogP contribution in [0, 0.1) is 11.6 Å². The Bertz CT molecular complexity index is 854. The van der Waals surface area contributed by atoms with E-state index in [4.69, 9.17) is 0 Å². The van der Waals surface area contributed by atoms with Gasteiger partial charge in [-0.25, -0.2) is 22.0 Å². The fourth-order valence-electron chi connectivity index (χ4n) is 1.71. The summed E-state index contributed by atoms with van der Waals surface area (Å²) < 4.78 is 58.7. The Morgan fingerprint density at radius 2 is 1.74 bits per heavy atom. The molecule has 0 amide bonds. The summed E-state index contributed by atoms with van der Waals surface area (Å²) in [6, 6.07) is 6.74. The molecule has 0 bridgehead atoms. The summed E-state index contributed by atoms with van der Waals surface area (Å²) in [7, 11) is -3.08. The van der Waals surface area contributed by atoms with Crippen molar-refractivity contribution < 1.29 is 26.7 Å². The van der Waals surface area contributed by atoms with Crippen LogP contribution in [0.5, 0.6) is 0 Å². The summed E-state index contributed by atoms with van der Waals surface area (Å²) in [5.41, 5.74) is -1.14. The lowest BCUT2D eigenvalue weighted by atomic mass is 10.2. The number of ether oxygens (including phenoxy) is 1. The first-order chi connectivity index (χ1) is 10.7. The monoisotopic (exact) mass is 405 g/mol. The maximum Gasteiger partial charge on any atom is 0.340 e. The molecule has 0 heterocycles. The highest BCUT2D eigenvalue weighted by Gasteiger charge is 2.21. The number of methoxy groups -OCH3 is 1. The van der Waals surface area contributed by atoms with E-state index in [-0.39, 0.29) is 4.90 Å². The molecular formula is C14H10BrF2NO4S. The summed E-state index contributed by atoms with van der Waals surface area (Å²) in [4.78, 5) is 11.3. The van der Waals surface area contributed by atoms with Crippen LogP contribution in [-0.2, 0) is 14.8 Å². The molecule has 122 valence electrons. The molecule has 0 fully saturated rings. The summed E-state index contributed by atoms with van der Waals surface area (Å²) in [6.07, 6.45) is 0. The Hall–Kier alpha value is -2.00. The summed E-state index contributed by atoms with van der Waals surface area (Å²) in [5.74, 6) is -3.36. The standard InChI is InChI=1S/C14H10BrF2NO4S/c1-22-14(19)10-6-13(12(17)7-11(10)16)18-23(20,21)9-4-2-8(15)3-5-9/h2-7,18H,1H3. The van der Waals surface area contributed by atoms with Crippen molar-refractivity contribution in [3.05, 3.63) is 58.1 Å². The molecule has 0 spiro atoms. The number of halogens is 3. The van der Waals surface area contributed by atoms with Crippen LogP contribution in [0.1, 0.15) is 10.4 Å². The Morgan fingerprint density at radius 3 is 2.30 bits per heavy atom. The second-order valence-corrected chi connectivity index (χ2v) is 6.96. The first-order valence-corrected chi connectivity index (χ1v) is 8.38. The lowest BCUT2D eigenvalue weighted by molar-refractivity contribution is 0.0595. The predicted octanol–water partition coefficient (Wildman–Crippen LogP) is 3.31. The quantitative estimate of drug-likeness (QED) is 0.791. The van der Waals surface area contributed by atoms with Crippen molar-refractivity contribution in [2.45, 2.75) is 4.90 Å². The van der Waals surface area contributed by atoms with Gasteiger partial charge in [0, 0.05) is 10.5 Å². The molecule has 0 aliphatic heterocycles. The van der Waals surface area contributed by atoms with Gasteiger partial charge in [-0.15, -0.1) is 0 Å². The zero-order chi connectivity index (χ0) is 17.2. The number of rotatable bonds is 4. The number of anilines is 1. The van der Waals surface area contributed by atoms with E-state index in [0.29, 0.717) is 10.5 Å². The van der Waals surface area contributed by atoms with Crippen molar-refractivity contribution in [1.29, 1.82) is 0 Å². The predicted molar refractivity (Wildman–Crippen MR) is 82.6 cm³/mol. The highest BCUT2D eigenvalue weighted by Crippen LogP contribution is 2.24. The van der Waals surface area contributed by atoms with Crippen molar-refractivity contribution >= 4 is 37.6 Å². The molecule has 0 aliphatic carbocycles. The van der Waals surface area contributed by atoms with E-state index in [1.54, 1.807) is 0 Å². The van der Waals surface area contributed by atoms with E-state index in [1.165, 1.54) is 24.3 Å². The number of sulfonamides is 1. The van der Waals surface area contributed by atoms with Gasteiger partial charge < -0.3 is 4.74 Å². The Balaban J connectivity index is 2.43. The van der Waals surface area contributed by atoms with Crippen LogP contribution in [-0.4, -0.2) is 21.5 Å². The fraction of sp³-hybridized carbons (Fsp3) is 0.0714. The molecule has 0 saturated carbocycles. The number of esters is 1. The molecule has 0 atom stereocenters. The van der Waals surface area contributed by atoms with Gasteiger partial charge in [0.2, 0.25) is 0 Å². The smallest absolute Gasteiger partial charge is 0.340 e. The molecule has 5 nitrogen and oxygen atoms in total. The molecule has 2 aromatic rings. The van der Waals surface area contributed by atoms with Gasteiger partial charge in [0.25, 0.3) is 10.0 Å². The van der Waals surface area contributed by atoms with Crippen LogP contribution < -0.4 is 4.72 Å². The van der Waals surface area contributed by atoms with Crippen LogP contribution in [0.2, 0.25) is 0 Å². The first kappa shape index (κ1) is 17.4. The van der Waals surface area contributed by atoms with Crippen molar-refractivity contribution in [3.63, 3.8) is 0 Å². The van der Waals surface area contributed by atoms with Crippen molar-refractivity contribution in [2.75, 3.05) is 11.8 Å². The number of nitrogens with one attached hydrogen (secondary N) is 1. The third kappa shape index (κ3) is 3.85. The molecule has 0 unspecified atom stereocenters. The van der Waals surface area contributed by atoms with E-state index >= 15 is 0 Å². The van der Waals surface area contributed by atoms with E-state index in [2.05, 4.69) is 20.7 Å². The number of hydrogen-bond acceptors (Lipinski definition) is 4. The Kier molecular flexibility index (Phi) is 5.00. The first-order valence-electron chi connectivity index (χ1n) is 6.10. The van der Waals surface area contributed by atoms with Gasteiger partial charge in [-0.2, -0.15) is 0 Å². The van der Waals surface area contributed by atoms with Crippen molar-refractivity contribution in [1.82, 2.24) is 0 Å². The normalized spacial score (nSPS) is 11.1. The number of benzene rings is 2. The van der Waals surface area contributed by atoms with Gasteiger partial charge in [-0.05, 0) is 30.3 Å². The average molecular weight is 406 g/mol. The minimum absolute atomic E-state index is 0.121.